The topological polar surface area (TPSA) is 77.2 Å². The largest absolute Gasteiger partial charge is 0.481 e. The Morgan fingerprint density at radius 1 is 1.38 bits per heavy atom. The number of nitrogens with one attached hydrogen (secondary N) is 1. The highest BCUT2D eigenvalue weighted by atomic mass is 32.1. The fourth-order valence-corrected chi connectivity index (χ4v) is 2.73. The molecule has 2 heterocycles. The van der Waals surface area contributed by atoms with Crippen LogP contribution in [-0.2, 0) is 11.3 Å². The number of amides is 1. The van der Waals surface area contributed by atoms with E-state index in [0.29, 0.717) is 17.5 Å². The molecule has 1 atom stereocenters. The van der Waals surface area contributed by atoms with Crippen molar-refractivity contribution in [3.8, 4) is 16.5 Å². The lowest BCUT2D eigenvalue weighted by Gasteiger charge is -2.14. The molecular formula is C17H17N3O3S. The maximum Gasteiger partial charge on any atom is 0.261 e. The molecule has 1 aromatic carbocycles. The Hall–Kier alpha value is -2.67. The summed E-state index contributed by atoms with van der Waals surface area (Å²) in [6.07, 6.45) is -0.619. The van der Waals surface area contributed by atoms with Gasteiger partial charge in [0.25, 0.3) is 5.91 Å². The first-order chi connectivity index (χ1) is 11.6. The molecule has 0 spiro atoms. The van der Waals surface area contributed by atoms with Gasteiger partial charge in [0.2, 0.25) is 11.7 Å². The van der Waals surface area contributed by atoms with Gasteiger partial charge in [0.05, 0.1) is 11.4 Å². The lowest BCUT2D eigenvalue weighted by Crippen LogP contribution is -2.36. The van der Waals surface area contributed by atoms with Crippen LogP contribution in [0.1, 0.15) is 18.4 Å². The molecule has 0 saturated carbocycles. The van der Waals surface area contributed by atoms with Crippen molar-refractivity contribution in [2.24, 2.45) is 0 Å². The van der Waals surface area contributed by atoms with Gasteiger partial charge < -0.3 is 14.6 Å². The van der Waals surface area contributed by atoms with E-state index in [9.17, 15) is 4.79 Å². The van der Waals surface area contributed by atoms with Crippen LogP contribution >= 0.6 is 11.3 Å². The molecule has 3 rings (SSSR count). The summed E-state index contributed by atoms with van der Waals surface area (Å²) in [7, 11) is 0. The van der Waals surface area contributed by atoms with Gasteiger partial charge in [0, 0.05) is 0 Å². The number of nitrogens with zero attached hydrogens (tertiary/aromatic N) is 2. The van der Waals surface area contributed by atoms with E-state index >= 15 is 0 Å². The molecule has 0 aliphatic rings. The Balaban J connectivity index is 1.53. The Labute approximate surface area is 143 Å². The predicted octanol–water partition coefficient (Wildman–Crippen LogP) is 3.19. The summed E-state index contributed by atoms with van der Waals surface area (Å²) >= 11 is 1.53. The minimum absolute atomic E-state index is 0.165. The second-order valence-corrected chi connectivity index (χ2v) is 6.23. The summed E-state index contributed by atoms with van der Waals surface area (Å²) < 4.78 is 10.8. The summed E-state index contributed by atoms with van der Waals surface area (Å²) in [5.41, 5.74) is 1.08. The lowest BCUT2D eigenvalue weighted by molar-refractivity contribution is -0.127. The zero-order valence-corrected chi connectivity index (χ0v) is 14.2. The van der Waals surface area contributed by atoms with Crippen LogP contribution in [0.4, 0.5) is 0 Å². The number of ether oxygens (including phenoxy) is 1. The fourth-order valence-electron chi connectivity index (χ4n) is 2.09. The first-order valence-electron chi connectivity index (χ1n) is 7.49. The average Bonchev–Trinajstić information content (AvgIpc) is 3.23. The van der Waals surface area contributed by atoms with Gasteiger partial charge in [0.1, 0.15) is 5.75 Å². The third-order valence-electron chi connectivity index (χ3n) is 3.30. The van der Waals surface area contributed by atoms with Gasteiger partial charge in [-0.3, -0.25) is 4.79 Å². The van der Waals surface area contributed by atoms with Crippen molar-refractivity contribution >= 4 is 17.2 Å². The minimum Gasteiger partial charge on any atom is -0.481 e. The molecule has 6 nitrogen and oxygen atoms in total. The highest BCUT2D eigenvalue weighted by Crippen LogP contribution is 2.21. The smallest absolute Gasteiger partial charge is 0.261 e. The van der Waals surface area contributed by atoms with E-state index in [2.05, 4.69) is 15.5 Å². The molecule has 7 heteroatoms. The molecule has 124 valence electrons. The van der Waals surface area contributed by atoms with Gasteiger partial charge in [-0.25, -0.2) is 0 Å². The van der Waals surface area contributed by atoms with E-state index in [-0.39, 0.29) is 12.5 Å². The Morgan fingerprint density at radius 3 is 3.00 bits per heavy atom. The van der Waals surface area contributed by atoms with Crippen LogP contribution < -0.4 is 10.1 Å². The van der Waals surface area contributed by atoms with Crippen molar-refractivity contribution < 1.29 is 14.1 Å². The zero-order valence-electron chi connectivity index (χ0n) is 13.4. The van der Waals surface area contributed by atoms with Crippen LogP contribution in [0.5, 0.6) is 5.75 Å². The average molecular weight is 343 g/mol. The van der Waals surface area contributed by atoms with Gasteiger partial charge in [0.15, 0.2) is 6.10 Å². The molecule has 3 aromatic rings. The highest BCUT2D eigenvalue weighted by Gasteiger charge is 2.16. The number of benzene rings is 1. The van der Waals surface area contributed by atoms with Crippen molar-refractivity contribution in [2.45, 2.75) is 26.5 Å². The Kier molecular flexibility index (Phi) is 4.90. The number of hydrogen-bond acceptors (Lipinski definition) is 6. The van der Waals surface area contributed by atoms with Crippen molar-refractivity contribution in [3.05, 3.63) is 53.2 Å². The van der Waals surface area contributed by atoms with E-state index in [1.54, 1.807) is 6.92 Å². The first kappa shape index (κ1) is 16.2. The number of aromatic nitrogens is 2. The maximum atomic E-state index is 12.1. The van der Waals surface area contributed by atoms with E-state index in [4.69, 9.17) is 9.26 Å². The van der Waals surface area contributed by atoms with Crippen LogP contribution in [0, 0.1) is 6.92 Å². The van der Waals surface area contributed by atoms with Crippen LogP contribution in [-0.4, -0.2) is 22.2 Å². The normalized spacial score (nSPS) is 11.9. The monoisotopic (exact) mass is 343 g/mol. The fraction of sp³-hybridized carbons (Fsp3) is 0.235. The highest BCUT2D eigenvalue weighted by molar-refractivity contribution is 7.13. The van der Waals surface area contributed by atoms with E-state index in [1.807, 2.05) is 48.7 Å². The molecule has 0 bridgehead atoms. The Morgan fingerprint density at radius 2 is 2.25 bits per heavy atom. The van der Waals surface area contributed by atoms with Gasteiger partial charge in [-0.05, 0) is 43.0 Å². The summed E-state index contributed by atoms with van der Waals surface area (Å²) in [6.45, 7) is 3.83. The summed E-state index contributed by atoms with van der Waals surface area (Å²) in [5, 5.41) is 8.58. The lowest BCUT2D eigenvalue weighted by atomic mass is 10.2. The van der Waals surface area contributed by atoms with Gasteiger partial charge in [-0.1, -0.05) is 23.4 Å². The molecule has 1 amide bonds. The van der Waals surface area contributed by atoms with E-state index < -0.39 is 6.10 Å². The summed E-state index contributed by atoms with van der Waals surface area (Å²) in [4.78, 5) is 17.3. The number of hydrogen-bond donors (Lipinski definition) is 1. The van der Waals surface area contributed by atoms with Crippen LogP contribution in [0.15, 0.2) is 46.3 Å². The number of aryl methyl sites for hydroxylation is 1. The third-order valence-corrected chi connectivity index (χ3v) is 4.16. The Bertz CT molecular complexity index is 814. The molecule has 24 heavy (non-hydrogen) atoms. The molecule has 0 radical (unpaired) electrons. The third kappa shape index (κ3) is 3.99. The van der Waals surface area contributed by atoms with Crippen molar-refractivity contribution in [3.63, 3.8) is 0 Å². The van der Waals surface area contributed by atoms with Crippen LogP contribution in [0.3, 0.4) is 0 Å². The molecule has 0 aliphatic heterocycles. The standard InChI is InChI=1S/C17H17N3O3S/c1-11-5-3-6-13(9-11)22-12(2)17(21)18-10-15-19-16(20-23-15)14-7-4-8-24-14/h3-9,12H,10H2,1-2H3,(H,18,21)/t12-/m1/s1. The SMILES string of the molecule is Cc1cccc(O[C@H](C)C(=O)NCc2nc(-c3cccs3)no2)c1. The molecule has 0 saturated heterocycles. The number of carbonyl (C=O) groups excluding carboxylic acids is 1. The quantitative estimate of drug-likeness (QED) is 0.744. The zero-order chi connectivity index (χ0) is 16.9. The molecular weight excluding hydrogens is 326 g/mol. The van der Waals surface area contributed by atoms with Crippen LogP contribution in [0.2, 0.25) is 0 Å². The second-order valence-electron chi connectivity index (χ2n) is 5.28. The van der Waals surface area contributed by atoms with Crippen LogP contribution in [0.25, 0.3) is 10.7 Å². The number of carbonyl (C=O) groups is 1. The predicted molar refractivity (Wildman–Crippen MR) is 90.7 cm³/mol. The van der Waals surface area contributed by atoms with E-state index in [1.165, 1.54) is 11.3 Å². The molecule has 0 fully saturated rings. The summed E-state index contributed by atoms with van der Waals surface area (Å²) in [5.74, 6) is 1.30. The number of rotatable bonds is 6. The molecule has 0 aliphatic carbocycles. The maximum absolute atomic E-state index is 12.1. The first-order valence-corrected chi connectivity index (χ1v) is 8.37. The van der Waals surface area contributed by atoms with Crippen molar-refractivity contribution in [1.82, 2.24) is 15.5 Å². The second kappa shape index (κ2) is 7.27. The van der Waals surface area contributed by atoms with E-state index in [0.717, 1.165) is 10.4 Å². The molecule has 2 aromatic heterocycles. The van der Waals surface area contributed by atoms with Gasteiger partial charge >= 0.3 is 0 Å². The van der Waals surface area contributed by atoms with Crippen molar-refractivity contribution in [1.29, 1.82) is 0 Å². The minimum atomic E-state index is -0.619. The van der Waals surface area contributed by atoms with Gasteiger partial charge in [-0.2, -0.15) is 4.98 Å². The molecule has 0 unspecified atom stereocenters. The summed E-state index contributed by atoms with van der Waals surface area (Å²) in [6, 6.07) is 11.4. The number of thiophene rings is 1. The molecule has 1 N–H and O–H groups in total. The van der Waals surface area contributed by atoms with Gasteiger partial charge in [-0.15, -0.1) is 11.3 Å². The van der Waals surface area contributed by atoms with Crippen molar-refractivity contribution in [2.75, 3.05) is 0 Å².